The van der Waals surface area contributed by atoms with Crippen molar-refractivity contribution in [1.29, 1.82) is 0 Å². The number of hydrogen-bond acceptors (Lipinski definition) is 5. The van der Waals surface area contributed by atoms with Gasteiger partial charge >= 0.3 is 0 Å². The topological polar surface area (TPSA) is 93.4 Å². The van der Waals surface area contributed by atoms with Gasteiger partial charge < -0.3 is 25.4 Å². The standard InChI is InChI=1S/C44H46Cl2N6O2/c1-26-10-9-21-52-39(28-14-16-29(45)17-15-28)32-24-30(46)25-34-36(32)37(40(52)35(26)27-11-6-5-7-12-27)38(49-34)42(53)50-33-13-8-20-47-41(33)51-22-18-31(19-23-51)48-43(54)44(2,3)4/h5-9,11-14,16-17,20-21,24-26,28,31,39,49H,10,15,18-19,22-23H2,1-4H3,(H,48,54)(H,50,53). The number of carbonyl (C=O) groups excluding carboxylic acids is 2. The molecule has 1 fully saturated rings. The van der Waals surface area contributed by atoms with E-state index in [1.54, 1.807) is 6.20 Å². The lowest BCUT2D eigenvalue weighted by Crippen LogP contribution is -2.48. The quantitative estimate of drug-likeness (QED) is 0.182. The number of piperidine rings is 1. The first-order valence-electron chi connectivity index (χ1n) is 18.9. The van der Waals surface area contributed by atoms with Crippen LogP contribution in [0.2, 0.25) is 5.02 Å². The number of benzene rings is 2. The molecule has 54 heavy (non-hydrogen) atoms. The van der Waals surface area contributed by atoms with Crippen LogP contribution in [0.15, 0.2) is 96.3 Å². The highest BCUT2D eigenvalue weighted by Gasteiger charge is 2.41. The van der Waals surface area contributed by atoms with Gasteiger partial charge in [-0.3, -0.25) is 9.59 Å². The molecule has 2 amide bonds. The number of amides is 2. The zero-order chi connectivity index (χ0) is 37.7. The summed E-state index contributed by atoms with van der Waals surface area (Å²) >= 11 is 13.3. The monoisotopic (exact) mass is 760 g/mol. The van der Waals surface area contributed by atoms with Gasteiger partial charge in [0, 0.05) is 69.4 Å². The van der Waals surface area contributed by atoms with Crippen LogP contribution in [0, 0.1) is 17.3 Å². The van der Waals surface area contributed by atoms with Gasteiger partial charge in [0.1, 0.15) is 5.69 Å². The second kappa shape index (κ2) is 14.5. The number of carbonyl (C=O) groups is 2. The van der Waals surface area contributed by atoms with Crippen LogP contribution in [0.1, 0.15) is 86.6 Å². The molecule has 4 aromatic rings. The number of halogens is 2. The molecule has 8 rings (SSSR count). The van der Waals surface area contributed by atoms with Gasteiger partial charge in [-0.15, -0.1) is 0 Å². The third-order valence-corrected chi connectivity index (χ3v) is 11.7. The van der Waals surface area contributed by atoms with Gasteiger partial charge in [0.2, 0.25) is 5.91 Å². The normalized spacial score (nSPS) is 21.5. The van der Waals surface area contributed by atoms with Crippen molar-refractivity contribution in [3.05, 3.63) is 124 Å². The lowest BCUT2D eigenvalue weighted by Gasteiger charge is -2.42. The van der Waals surface area contributed by atoms with Crippen LogP contribution >= 0.6 is 23.2 Å². The molecule has 8 nitrogen and oxygen atoms in total. The Hall–Kier alpha value is -4.79. The number of aromatic amines is 1. The van der Waals surface area contributed by atoms with E-state index in [1.165, 1.54) is 5.57 Å². The molecule has 5 heterocycles. The summed E-state index contributed by atoms with van der Waals surface area (Å²) in [7, 11) is 0. The maximum Gasteiger partial charge on any atom is 0.272 e. The first-order chi connectivity index (χ1) is 26.0. The van der Waals surface area contributed by atoms with Gasteiger partial charge in [0.25, 0.3) is 5.91 Å². The molecule has 2 aromatic carbocycles. The molecule has 3 aliphatic heterocycles. The second-order valence-electron chi connectivity index (χ2n) is 16.0. The molecule has 0 radical (unpaired) electrons. The molecular weight excluding hydrogens is 715 g/mol. The van der Waals surface area contributed by atoms with E-state index in [0.29, 0.717) is 35.3 Å². The Morgan fingerprint density at radius 3 is 2.50 bits per heavy atom. The van der Waals surface area contributed by atoms with Crippen LogP contribution in [0.5, 0.6) is 0 Å². The fourth-order valence-corrected chi connectivity index (χ4v) is 8.84. The van der Waals surface area contributed by atoms with Crippen molar-refractivity contribution in [3.8, 4) is 0 Å². The van der Waals surface area contributed by atoms with Crippen molar-refractivity contribution >= 4 is 68.7 Å². The van der Waals surface area contributed by atoms with Crippen molar-refractivity contribution in [2.24, 2.45) is 17.3 Å². The maximum absolute atomic E-state index is 14.8. The average molecular weight is 762 g/mol. The van der Waals surface area contributed by atoms with Gasteiger partial charge in [0.15, 0.2) is 5.82 Å². The summed E-state index contributed by atoms with van der Waals surface area (Å²) in [5.41, 5.74) is 6.78. The summed E-state index contributed by atoms with van der Waals surface area (Å²) in [6.07, 6.45) is 15.7. The van der Waals surface area contributed by atoms with Crippen molar-refractivity contribution in [1.82, 2.24) is 20.2 Å². The van der Waals surface area contributed by atoms with E-state index < -0.39 is 5.41 Å². The van der Waals surface area contributed by atoms with Gasteiger partial charge in [-0.2, -0.15) is 0 Å². The Bertz CT molecular complexity index is 2240. The molecule has 278 valence electrons. The van der Waals surface area contributed by atoms with Crippen LogP contribution in [0.4, 0.5) is 11.5 Å². The van der Waals surface area contributed by atoms with E-state index in [4.69, 9.17) is 28.2 Å². The molecule has 3 unspecified atom stereocenters. The minimum Gasteiger partial charge on any atom is -0.355 e. The number of nitrogens with one attached hydrogen (secondary N) is 3. The van der Waals surface area contributed by atoms with E-state index in [9.17, 15) is 9.59 Å². The molecule has 0 spiro atoms. The molecule has 1 aliphatic carbocycles. The number of pyridine rings is 1. The number of aromatic nitrogens is 2. The molecule has 2 aromatic heterocycles. The summed E-state index contributed by atoms with van der Waals surface area (Å²) in [5.74, 6) is 0.813. The summed E-state index contributed by atoms with van der Waals surface area (Å²) in [5, 5.41) is 8.84. The zero-order valence-corrected chi connectivity index (χ0v) is 32.6. The second-order valence-corrected chi connectivity index (χ2v) is 16.8. The van der Waals surface area contributed by atoms with Crippen LogP contribution in [0.25, 0.3) is 22.2 Å². The highest BCUT2D eigenvalue weighted by molar-refractivity contribution is 6.32. The van der Waals surface area contributed by atoms with Gasteiger partial charge in [0.05, 0.1) is 17.4 Å². The highest BCUT2D eigenvalue weighted by atomic mass is 35.5. The Balaban J connectivity index is 1.22. The average Bonchev–Trinajstić information content (AvgIpc) is 3.44. The van der Waals surface area contributed by atoms with Crippen molar-refractivity contribution in [2.45, 2.75) is 65.5 Å². The van der Waals surface area contributed by atoms with E-state index in [2.05, 4.69) is 87.1 Å². The molecular formula is C44H46Cl2N6O2. The molecule has 10 heteroatoms. The van der Waals surface area contributed by atoms with Gasteiger partial charge in [-0.05, 0) is 78.6 Å². The van der Waals surface area contributed by atoms with Crippen LogP contribution in [-0.2, 0) is 4.79 Å². The molecule has 0 saturated carbocycles. The Morgan fingerprint density at radius 2 is 1.78 bits per heavy atom. The number of anilines is 2. The SMILES string of the molecule is CC1CC=CN2C(=C1c1ccccc1)c1c(C(=O)Nc3cccnc3N3CCC(NC(=O)C(C)(C)C)CC3)[nH]c3cc(Cl)cc(c13)C2C1C=CC(Cl)=CC1. The van der Waals surface area contributed by atoms with E-state index in [1.807, 2.05) is 51.1 Å². The lowest BCUT2D eigenvalue weighted by atomic mass is 9.79. The van der Waals surface area contributed by atoms with Crippen LogP contribution in [-0.4, -0.2) is 45.8 Å². The van der Waals surface area contributed by atoms with Crippen LogP contribution in [0.3, 0.4) is 0 Å². The number of fused-ring (bicyclic) bond motifs is 2. The van der Waals surface area contributed by atoms with E-state index >= 15 is 0 Å². The Kier molecular flexibility index (Phi) is 9.69. The van der Waals surface area contributed by atoms with Crippen molar-refractivity contribution in [2.75, 3.05) is 23.3 Å². The predicted molar refractivity (Wildman–Crippen MR) is 220 cm³/mol. The third-order valence-electron chi connectivity index (χ3n) is 11.2. The minimum atomic E-state index is -0.441. The van der Waals surface area contributed by atoms with Crippen molar-refractivity contribution < 1.29 is 9.59 Å². The van der Waals surface area contributed by atoms with Gasteiger partial charge in [-0.1, -0.05) is 99.5 Å². The van der Waals surface area contributed by atoms with E-state index in [0.717, 1.165) is 64.0 Å². The number of allylic oxidation sites excluding steroid dienone is 5. The number of hydrogen-bond donors (Lipinski definition) is 3. The Morgan fingerprint density at radius 1 is 1.00 bits per heavy atom. The summed E-state index contributed by atoms with van der Waals surface area (Å²) in [6, 6.07) is 18.3. The first kappa shape index (κ1) is 36.2. The third kappa shape index (κ3) is 6.75. The summed E-state index contributed by atoms with van der Waals surface area (Å²) in [4.78, 5) is 40.4. The van der Waals surface area contributed by atoms with E-state index in [-0.39, 0.29) is 35.7 Å². The lowest BCUT2D eigenvalue weighted by molar-refractivity contribution is -0.129. The smallest absolute Gasteiger partial charge is 0.272 e. The molecule has 4 aliphatic rings. The number of rotatable bonds is 6. The van der Waals surface area contributed by atoms with Gasteiger partial charge in [-0.25, -0.2) is 4.98 Å². The molecule has 0 bridgehead atoms. The van der Waals surface area contributed by atoms with Crippen LogP contribution < -0.4 is 15.5 Å². The maximum atomic E-state index is 14.8. The largest absolute Gasteiger partial charge is 0.355 e. The van der Waals surface area contributed by atoms with Crippen molar-refractivity contribution in [3.63, 3.8) is 0 Å². The first-order valence-corrected chi connectivity index (χ1v) is 19.7. The summed E-state index contributed by atoms with van der Waals surface area (Å²) < 4.78 is 0. The summed E-state index contributed by atoms with van der Waals surface area (Å²) in [6.45, 7) is 9.47. The highest BCUT2D eigenvalue weighted by Crippen LogP contribution is 2.54. The molecule has 3 atom stereocenters. The molecule has 1 saturated heterocycles. The zero-order valence-electron chi connectivity index (χ0n) is 31.1. The number of H-pyrrole nitrogens is 1. The minimum absolute atomic E-state index is 0.0592. The fraction of sp³-hybridized carbons (Fsp3) is 0.341. The Labute approximate surface area is 327 Å². The molecule has 3 N–H and O–H groups in total. The number of nitrogens with zero attached hydrogens (tertiary/aromatic N) is 3. The predicted octanol–water partition coefficient (Wildman–Crippen LogP) is 10.1. The fourth-order valence-electron chi connectivity index (χ4n) is 8.45.